The fraction of sp³-hybridized carbons (Fsp3) is 0. The van der Waals surface area contributed by atoms with Gasteiger partial charge < -0.3 is 15.5 Å². The van der Waals surface area contributed by atoms with E-state index in [9.17, 15) is 14.9 Å². The predicted molar refractivity (Wildman–Crippen MR) is 82.5 cm³/mol. The Labute approximate surface area is 134 Å². The van der Waals surface area contributed by atoms with Gasteiger partial charge in [-0.3, -0.25) is 14.9 Å². The van der Waals surface area contributed by atoms with Crippen LogP contribution in [-0.2, 0) is 0 Å². The summed E-state index contributed by atoms with van der Waals surface area (Å²) in [5.74, 6) is -0.548. The van der Waals surface area contributed by atoms with E-state index >= 15 is 0 Å². The number of ketones is 1. The first-order chi connectivity index (χ1) is 9.95. The SMILES string of the molecule is Nc1cc(C(=O)c2ccccc2OCl)c([N+](=O)[O-])cc1Cl.O. The third kappa shape index (κ3) is 3.28. The summed E-state index contributed by atoms with van der Waals surface area (Å²) in [6.07, 6.45) is 0. The lowest BCUT2D eigenvalue weighted by Gasteiger charge is -2.07. The van der Waals surface area contributed by atoms with Gasteiger partial charge in [0.15, 0.2) is 5.75 Å². The zero-order chi connectivity index (χ0) is 15.6. The van der Waals surface area contributed by atoms with E-state index in [0.29, 0.717) is 0 Å². The molecular formula is C13H10Cl2N2O5. The predicted octanol–water partition coefficient (Wildman–Crippen LogP) is 2.77. The zero-order valence-electron chi connectivity index (χ0n) is 10.9. The Morgan fingerprint density at radius 2 is 1.86 bits per heavy atom. The second kappa shape index (κ2) is 7.08. The van der Waals surface area contributed by atoms with E-state index in [-0.39, 0.29) is 33.1 Å². The Hall–Kier alpha value is -2.35. The molecule has 0 aliphatic rings. The standard InChI is InChI=1S/C13H8Cl2N2O4.H2O/c14-9-6-11(17(19)20)8(5-10(9)16)13(18)7-3-1-2-4-12(7)21-15;/h1-6H,16H2;1H2. The van der Waals surface area contributed by atoms with Crippen molar-refractivity contribution in [3.8, 4) is 5.75 Å². The summed E-state index contributed by atoms with van der Waals surface area (Å²) in [5.41, 5.74) is 5.12. The zero-order valence-corrected chi connectivity index (χ0v) is 12.4. The number of carbonyl (C=O) groups is 1. The maximum atomic E-state index is 12.5. The molecule has 0 aliphatic heterocycles. The average molecular weight is 345 g/mol. The van der Waals surface area contributed by atoms with Gasteiger partial charge in [0.2, 0.25) is 5.78 Å². The van der Waals surface area contributed by atoms with Gasteiger partial charge in [-0.25, -0.2) is 0 Å². The summed E-state index contributed by atoms with van der Waals surface area (Å²) in [6.45, 7) is 0. The Bertz CT molecular complexity index is 736. The highest BCUT2D eigenvalue weighted by atomic mass is 35.5. The van der Waals surface area contributed by atoms with Gasteiger partial charge in [-0.05, 0) is 18.2 Å². The number of hydrogen-bond donors (Lipinski definition) is 1. The Morgan fingerprint density at radius 3 is 2.45 bits per heavy atom. The largest absolute Gasteiger partial charge is 0.412 e. The topological polar surface area (TPSA) is 127 Å². The van der Waals surface area contributed by atoms with Gasteiger partial charge in [0.1, 0.15) is 17.4 Å². The van der Waals surface area contributed by atoms with Crippen molar-refractivity contribution in [1.82, 2.24) is 0 Å². The van der Waals surface area contributed by atoms with Crippen LogP contribution in [0.5, 0.6) is 5.75 Å². The van der Waals surface area contributed by atoms with Crippen LogP contribution in [0, 0.1) is 10.1 Å². The molecule has 0 unspecified atom stereocenters. The molecule has 4 N–H and O–H groups in total. The molecule has 0 spiro atoms. The molecule has 0 bridgehead atoms. The molecule has 2 aromatic rings. The van der Waals surface area contributed by atoms with Crippen LogP contribution < -0.4 is 10.0 Å². The lowest BCUT2D eigenvalue weighted by molar-refractivity contribution is -0.385. The van der Waals surface area contributed by atoms with Crippen LogP contribution in [0.15, 0.2) is 36.4 Å². The Morgan fingerprint density at radius 1 is 1.23 bits per heavy atom. The summed E-state index contributed by atoms with van der Waals surface area (Å²) in [5, 5.41) is 11.1. The van der Waals surface area contributed by atoms with Crippen molar-refractivity contribution in [1.29, 1.82) is 0 Å². The van der Waals surface area contributed by atoms with E-state index in [1.54, 1.807) is 12.1 Å². The van der Waals surface area contributed by atoms with Crippen molar-refractivity contribution in [2.45, 2.75) is 0 Å². The van der Waals surface area contributed by atoms with Gasteiger partial charge >= 0.3 is 0 Å². The Kier molecular flexibility index (Phi) is 5.69. The van der Waals surface area contributed by atoms with Gasteiger partial charge in [0, 0.05) is 6.07 Å². The fourth-order valence-electron chi connectivity index (χ4n) is 1.78. The van der Waals surface area contributed by atoms with Crippen LogP contribution in [-0.4, -0.2) is 16.2 Å². The number of anilines is 1. The number of hydrogen-bond acceptors (Lipinski definition) is 5. The molecule has 0 aromatic heterocycles. The molecule has 9 heteroatoms. The molecule has 0 saturated carbocycles. The molecule has 2 aromatic carbocycles. The van der Waals surface area contributed by atoms with E-state index in [0.717, 1.165) is 12.1 Å². The quantitative estimate of drug-likeness (QED) is 0.394. The van der Waals surface area contributed by atoms with Crippen molar-refractivity contribution in [3.05, 3.63) is 62.7 Å². The number of halogens is 2. The fourth-order valence-corrected chi connectivity index (χ4v) is 2.07. The number of nitrogen functional groups attached to an aromatic ring is 1. The van der Waals surface area contributed by atoms with Gasteiger partial charge in [-0.15, -0.1) is 0 Å². The van der Waals surface area contributed by atoms with Crippen LogP contribution >= 0.6 is 23.5 Å². The van der Waals surface area contributed by atoms with Crippen LogP contribution in [0.3, 0.4) is 0 Å². The molecule has 0 radical (unpaired) electrons. The molecule has 0 aliphatic carbocycles. The monoisotopic (exact) mass is 344 g/mol. The van der Waals surface area contributed by atoms with E-state index in [2.05, 4.69) is 4.29 Å². The minimum atomic E-state index is -0.706. The molecule has 7 nitrogen and oxygen atoms in total. The molecule has 0 amide bonds. The number of rotatable bonds is 4. The first kappa shape index (κ1) is 17.7. The maximum absolute atomic E-state index is 12.5. The molecule has 0 atom stereocenters. The lowest BCUT2D eigenvalue weighted by atomic mass is 10.0. The number of benzene rings is 2. The molecule has 116 valence electrons. The van der Waals surface area contributed by atoms with Gasteiger partial charge in [0.05, 0.1) is 21.2 Å². The number of carbonyl (C=O) groups excluding carboxylic acids is 1. The summed E-state index contributed by atoms with van der Waals surface area (Å²) in [4.78, 5) is 22.8. The van der Waals surface area contributed by atoms with E-state index in [1.807, 2.05) is 0 Å². The van der Waals surface area contributed by atoms with Crippen LogP contribution in [0.25, 0.3) is 0 Å². The smallest absolute Gasteiger partial charge is 0.282 e. The molecule has 0 heterocycles. The number of nitro benzene ring substituents is 1. The van der Waals surface area contributed by atoms with Crippen molar-refractivity contribution in [2.24, 2.45) is 0 Å². The van der Waals surface area contributed by atoms with Crippen LogP contribution in [0.4, 0.5) is 11.4 Å². The van der Waals surface area contributed by atoms with Gasteiger partial charge in [0.25, 0.3) is 5.69 Å². The number of nitrogens with two attached hydrogens (primary N) is 1. The first-order valence-corrected chi connectivity index (χ1v) is 6.30. The second-order valence-corrected chi connectivity index (χ2v) is 4.61. The highest BCUT2D eigenvalue weighted by molar-refractivity contribution is 6.33. The molecular weight excluding hydrogens is 335 g/mol. The van der Waals surface area contributed by atoms with Crippen molar-refractivity contribution in [3.63, 3.8) is 0 Å². The molecule has 0 fully saturated rings. The normalized spacial score (nSPS) is 9.73. The maximum Gasteiger partial charge on any atom is 0.282 e. The number of nitrogens with zero attached hydrogens (tertiary/aromatic N) is 1. The lowest BCUT2D eigenvalue weighted by Crippen LogP contribution is -2.07. The highest BCUT2D eigenvalue weighted by Gasteiger charge is 2.25. The highest BCUT2D eigenvalue weighted by Crippen LogP contribution is 2.32. The molecule has 22 heavy (non-hydrogen) atoms. The Balaban J connectivity index is 0.00000242. The van der Waals surface area contributed by atoms with Crippen molar-refractivity contribution >= 4 is 40.6 Å². The third-order valence-corrected chi connectivity index (χ3v) is 3.26. The first-order valence-electron chi connectivity index (χ1n) is 5.61. The summed E-state index contributed by atoms with van der Waals surface area (Å²) in [6, 6.07) is 8.29. The number of nitro groups is 1. The third-order valence-electron chi connectivity index (χ3n) is 2.77. The summed E-state index contributed by atoms with van der Waals surface area (Å²) >= 11 is 11.0. The van der Waals surface area contributed by atoms with Crippen molar-refractivity contribution in [2.75, 3.05) is 5.73 Å². The summed E-state index contributed by atoms with van der Waals surface area (Å²) < 4.78 is 4.57. The minimum Gasteiger partial charge on any atom is -0.412 e. The van der Waals surface area contributed by atoms with Crippen LogP contribution in [0.1, 0.15) is 15.9 Å². The number of para-hydroxylation sites is 1. The minimum absolute atomic E-state index is 0. The van der Waals surface area contributed by atoms with Gasteiger partial charge in [-0.2, -0.15) is 0 Å². The second-order valence-electron chi connectivity index (χ2n) is 4.05. The van der Waals surface area contributed by atoms with E-state index < -0.39 is 16.4 Å². The van der Waals surface area contributed by atoms with E-state index in [4.69, 9.17) is 29.2 Å². The average Bonchev–Trinajstić information content (AvgIpc) is 2.48. The van der Waals surface area contributed by atoms with Crippen LogP contribution in [0.2, 0.25) is 5.02 Å². The van der Waals surface area contributed by atoms with E-state index in [1.165, 1.54) is 12.1 Å². The van der Waals surface area contributed by atoms with Crippen molar-refractivity contribution < 1.29 is 19.5 Å². The molecule has 2 rings (SSSR count). The van der Waals surface area contributed by atoms with Gasteiger partial charge in [-0.1, -0.05) is 23.7 Å². The molecule has 0 saturated heterocycles. The summed E-state index contributed by atoms with van der Waals surface area (Å²) in [7, 11) is 0.